The second-order valence-electron chi connectivity index (χ2n) is 12.4. The van der Waals surface area contributed by atoms with E-state index in [1.54, 1.807) is 0 Å². The fourth-order valence-corrected chi connectivity index (χ4v) is 5.66. The first kappa shape index (κ1) is 38.9. The fraction of sp³-hybridized carbons (Fsp3) is 0.944. The van der Waals surface area contributed by atoms with E-state index >= 15 is 0 Å². The van der Waals surface area contributed by atoms with Crippen LogP contribution >= 0.6 is 0 Å². The molecule has 0 aromatic rings. The second-order valence-corrected chi connectivity index (χ2v) is 12.4. The van der Waals surface area contributed by atoms with Gasteiger partial charge < -0.3 is 9.84 Å². The van der Waals surface area contributed by atoms with E-state index in [4.69, 9.17) is 9.84 Å². The third-order valence-corrected chi connectivity index (χ3v) is 8.33. The molecule has 0 heterocycles. The summed E-state index contributed by atoms with van der Waals surface area (Å²) in [7, 11) is 0. The van der Waals surface area contributed by atoms with Crippen LogP contribution in [-0.4, -0.2) is 23.1 Å². The topological polar surface area (TPSA) is 63.6 Å². The molecule has 0 aromatic carbocycles. The summed E-state index contributed by atoms with van der Waals surface area (Å²) in [6.07, 6.45) is 36.9. The van der Waals surface area contributed by atoms with Crippen molar-refractivity contribution in [1.29, 1.82) is 0 Å². The lowest BCUT2D eigenvalue weighted by Gasteiger charge is -2.18. The first-order valence-corrected chi connectivity index (χ1v) is 18.0. The fourth-order valence-electron chi connectivity index (χ4n) is 5.66. The van der Waals surface area contributed by atoms with Crippen molar-refractivity contribution in [2.75, 3.05) is 0 Å². The van der Waals surface area contributed by atoms with Crippen LogP contribution in [0.3, 0.4) is 0 Å². The van der Waals surface area contributed by atoms with Crippen LogP contribution in [0.5, 0.6) is 0 Å². The van der Waals surface area contributed by atoms with Gasteiger partial charge in [0.1, 0.15) is 6.10 Å². The molecule has 1 N–H and O–H groups in total. The summed E-state index contributed by atoms with van der Waals surface area (Å²) >= 11 is 0. The van der Waals surface area contributed by atoms with Gasteiger partial charge in [-0.3, -0.25) is 9.59 Å². The normalized spacial score (nSPS) is 12.1. The molecular weight excluding hydrogens is 496 g/mol. The van der Waals surface area contributed by atoms with Crippen LogP contribution in [0.4, 0.5) is 0 Å². The smallest absolute Gasteiger partial charge is 0.306 e. The summed E-state index contributed by atoms with van der Waals surface area (Å²) in [5.74, 6) is -0.750. The van der Waals surface area contributed by atoms with Crippen molar-refractivity contribution in [3.8, 4) is 0 Å². The molecule has 0 saturated carbocycles. The molecule has 1 unspecified atom stereocenters. The van der Waals surface area contributed by atoms with E-state index in [1.165, 1.54) is 135 Å². The Morgan fingerprint density at radius 3 is 1.12 bits per heavy atom. The maximum Gasteiger partial charge on any atom is 0.306 e. The maximum atomic E-state index is 12.5. The predicted molar refractivity (Wildman–Crippen MR) is 172 cm³/mol. The van der Waals surface area contributed by atoms with E-state index in [0.29, 0.717) is 12.8 Å². The van der Waals surface area contributed by atoms with E-state index in [2.05, 4.69) is 13.8 Å². The number of ether oxygens (including phenoxy) is 1. The van der Waals surface area contributed by atoms with Crippen LogP contribution in [0.1, 0.15) is 213 Å². The molecule has 0 aliphatic rings. The first-order valence-electron chi connectivity index (χ1n) is 18.0. The summed E-state index contributed by atoms with van der Waals surface area (Å²) in [4.78, 5) is 23.2. The number of hydrogen-bond donors (Lipinski definition) is 1. The number of carboxylic acid groups (broad SMARTS) is 1. The molecule has 0 amide bonds. The van der Waals surface area contributed by atoms with Crippen LogP contribution in [0.15, 0.2) is 0 Å². The molecular formula is C36H70O4. The summed E-state index contributed by atoms with van der Waals surface area (Å²) < 4.78 is 5.90. The van der Waals surface area contributed by atoms with Crippen molar-refractivity contribution >= 4 is 11.9 Å². The SMILES string of the molecule is CCCCCCCCCCCCCCCCCCCC(=O)OC(CCCCCCCCC)CCCCCC(=O)O. The number of hydrogen-bond acceptors (Lipinski definition) is 3. The van der Waals surface area contributed by atoms with Gasteiger partial charge in [0, 0.05) is 12.8 Å². The molecule has 40 heavy (non-hydrogen) atoms. The van der Waals surface area contributed by atoms with Gasteiger partial charge in [0.15, 0.2) is 0 Å². The molecule has 0 radical (unpaired) electrons. The van der Waals surface area contributed by atoms with E-state index in [-0.39, 0.29) is 18.5 Å². The number of carbonyl (C=O) groups is 2. The highest BCUT2D eigenvalue weighted by Gasteiger charge is 2.14. The van der Waals surface area contributed by atoms with Gasteiger partial charge in [-0.15, -0.1) is 0 Å². The average molecular weight is 567 g/mol. The Labute approximate surface area is 250 Å². The van der Waals surface area contributed by atoms with Crippen LogP contribution in [-0.2, 0) is 14.3 Å². The van der Waals surface area contributed by atoms with Crippen LogP contribution in [0.2, 0.25) is 0 Å². The molecule has 0 aromatic heterocycles. The average Bonchev–Trinajstić information content (AvgIpc) is 2.93. The van der Waals surface area contributed by atoms with Gasteiger partial charge >= 0.3 is 11.9 Å². The largest absolute Gasteiger partial charge is 0.481 e. The molecule has 238 valence electrons. The standard InChI is InChI=1S/C36H70O4/c1-3-5-7-9-11-12-13-14-15-16-17-18-19-20-22-24-29-33-36(39)40-34(31-27-25-28-32-35(37)38)30-26-23-21-10-8-6-4-2/h34H,3-33H2,1-2H3,(H,37,38). The zero-order valence-corrected chi connectivity index (χ0v) is 27.2. The van der Waals surface area contributed by atoms with Gasteiger partial charge in [-0.2, -0.15) is 0 Å². The van der Waals surface area contributed by atoms with E-state index in [9.17, 15) is 9.59 Å². The number of aliphatic carboxylic acids is 1. The molecule has 0 saturated heterocycles. The van der Waals surface area contributed by atoms with Crippen LogP contribution < -0.4 is 0 Å². The minimum Gasteiger partial charge on any atom is -0.481 e. The maximum absolute atomic E-state index is 12.5. The van der Waals surface area contributed by atoms with Crippen molar-refractivity contribution in [2.24, 2.45) is 0 Å². The number of carboxylic acids is 1. The summed E-state index contributed by atoms with van der Waals surface area (Å²) in [5.41, 5.74) is 0. The minimum atomic E-state index is -0.722. The molecule has 0 spiro atoms. The lowest BCUT2D eigenvalue weighted by Crippen LogP contribution is -2.18. The Kier molecular flexibility index (Phi) is 31.6. The highest BCUT2D eigenvalue weighted by atomic mass is 16.5. The molecule has 0 fully saturated rings. The van der Waals surface area contributed by atoms with Gasteiger partial charge in [0.05, 0.1) is 0 Å². The van der Waals surface area contributed by atoms with Crippen molar-refractivity contribution < 1.29 is 19.4 Å². The highest BCUT2D eigenvalue weighted by Crippen LogP contribution is 2.18. The van der Waals surface area contributed by atoms with Crippen molar-refractivity contribution in [3.63, 3.8) is 0 Å². The first-order chi connectivity index (χ1) is 19.6. The Balaban J connectivity index is 3.77. The highest BCUT2D eigenvalue weighted by molar-refractivity contribution is 5.69. The van der Waals surface area contributed by atoms with Gasteiger partial charge in [-0.05, 0) is 38.5 Å². The Hall–Kier alpha value is -1.06. The van der Waals surface area contributed by atoms with Gasteiger partial charge in [-0.1, -0.05) is 162 Å². The van der Waals surface area contributed by atoms with E-state index < -0.39 is 5.97 Å². The van der Waals surface area contributed by atoms with Crippen molar-refractivity contribution in [3.05, 3.63) is 0 Å². The van der Waals surface area contributed by atoms with Crippen LogP contribution in [0.25, 0.3) is 0 Å². The Morgan fingerprint density at radius 2 is 0.750 bits per heavy atom. The van der Waals surface area contributed by atoms with Crippen LogP contribution in [0, 0.1) is 0 Å². The molecule has 0 aliphatic heterocycles. The van der Waals surface area contributed by atoms with E-state index in [0.717, 1.165) is 44.9 Å². The molecule has 0 bridgehead atoms. The molecule has 4 nitrogen and oxygen atoms in total. The number of carbonyl (C=O) groups excluding carboxylic acids is 1. The van der Waals surface area contributed by atoms with Gasteiger partial charge in [0.2, 0.25) is 0 Å². The second kappa shape index (κ2) is 32.5. The summed E-state index contributed by atoms with van der Waals surface area (Å²) in [5, 5.41) is 8.83. The number of esters is 1. The lowest BCUT2D eigenvalue weighted by atomic mass is 10.0. The lowest BCUT2D eigenvalue weighted by molar-refractivity contribution is -0.150. The molecule has 4 heteroatoms. The van der Waals surface area contributed by atoms with Gasteiger partial charge in [0.25, 0.3) is 0 Å². The number of rotatable bonds is 33. The van der Waals surface area contributed by atoms with E-state index in [1.807, 2.05) is 0 Å². The number of unbranched alkanes of at least 4 members (excludes halogenated alkanes) is 24. The molecule has 1 atom stereocenters. The van der Waals surface area contributed by atoms with Gasteiger partial charge in [-0.25, -0.2) is 0 Å². The third kappa shape index (κ3) is 31.5. The third-order valence-electron chi connectivity index (χ3n) is 8.33. The Morgan fingerprint density at radius 1 is 0.450 bits per heavy atom. The van der Waals surface area contributed by atoms with Crippen molar-refractivity contribution in [1.82, 2.24) is 0 Å². The van der Waals surface area contributed by atoms with Crippen molar-refractivity contribution in [2.45, 2.75) is 219 Å². The quantitative estimate of drug-likeness (QED) is 0.0633. The minimum absolute atomic E-state index is 0.0127. The monoisotopic (exact) mass is 567 g/mol. The summed E-state index contributed by atoms with van der Waals surface area (Å²) in [6, 6.07) is 0. The molecule has 0 rings (SSSR count). The molecule has 0 aliphatic carbocycles. The Bertz CT molecular complexity index is 533. The predicted octanol–water partition coefficient (Wildman–Crippen LogP) is 12.1. The summed E-state index contributed by atoms with van der Waals surface area (Å²) in [6.45, 7) is 4.53. The zero-order chi connectivity index (χ0) is 29.4. The zero-order valence-electron chi connectivity index (χ0n) is 27.2.